The van der Waals surface area contributed by atoms with Gasteiger partial charge in [-0.3, -0.25) is 14.6 Å². The Labute approximate surface area is 209 Å². The van der Waals surface area contributed by atoms with E-state index < -0.39 is 12.2 Å². The number of carbonyl (C=O) groups is 2. The van der Waals surface area contributed by atoms with Crippen molar-refractivity contribution in [2.24, 2.45) is 5.92 Å². The van der Waals surface area contributed by atoms with Crippen LogP contribution in [0.3, 0.4) is 0 Å². The van der Waals surface area contributed by atoms with Crippen LogP contribution in [0.4, 0.5) is 10.1 Å². The lowest BCUT2D eigenvalue weighted by molar-refractivity contribution is -0.125. The molecule has 2 aliphatic carbocycles. The normalized spacial score (nSPS) is 22.0. The van der Waals surface area contributed by atoms with E-state index in [1.807, 2.05) is 26.0 Å². The van der Waals surface area contributed by atoms with Gasteiger partial charge in [-0.2, -0.15) is 0 Å². The predicted molar refractivity (Wildman–Crippen MR) is 134 cm³/mol. The Morgan fingerprint density at radius 1 is 1.26 bits per heavy atom. The summed E-state index contributed by atoms with van der Waals surface area (Å²) in [6.45, 7) is 3.92. The summed E-state index contributed by atoms with van der Waals surface area (Å²) in [4.78, 5) is 31.8. The van der Waals surface area contributed by atoms with Crippen molar-refractivity contribution in [3.05, 3.63) is 44.9 Å². The van der Waals surface area contributed by atoms with Gasteiger partial charge in [-0.15, -0.1) is 11.3 Å². The van der Waals surface area contributed by atoms with Crippen molar-refractivity contribution < 1.29 is 14.0 Å². The summed E-state index contributed by atoms with van der Waals surface area (Å²) in [5.41, 5.74) is 1.69. The zero-order chi connectivity index (χ0) is 24.2. The second-order valence-corrected chi connectivity index (χ2v) is 11.1. The number of hydrogen-bond donors (Lipinski definition) is 3. The van der Waals surface area contributed by atoms with Gasteiger partial charge in [0.2, 0.25) is 5.91 Å². The lowest BCUT2D eigenvalue weighted by Crippen LogP contribution is -2.53. The van der Waals surface area contributed by atoms with Crippen molar-refractivity contribution in [2.45, 2.75) is 83.1 Å². The molecule has 0 saturated heterocycles. The average Bonchev–Trinajstić information content (AvgIpc) is 3.47. The number of alkyl halides is 1. The maximum atomic E-state index is 13.2. The summed E-state index contributed by atoms with van der Waals surface area (Å²) in [7, 11) is 0. The van der Waals surface area contributed by atoms with E-state index in [2.05, 4.69) is 20.9 Å². The molecule has 0 aromatic carbocycles. The zero-order valence-corrected chi connectivity index (χ0v) is 21.1. The lowest BCUT2D eigenvalue weighted by Gasteiger charge is -2.32. The fourth-order valence-electron chi connectivity index (χ4n) is 4.67. The number of halogens is 2. The van der Waals surface area contributed by atoms with Gasteiger partial charge in [0, 0.05) is 17.1 Å². The van der Waals surface area contributed by atoms with E-state index >= 15 is 0 Å². The topological polar surface area (TPSA) is 83.1 Å². The third-order valence-corrected chi connectivity index (χ3v) is 8.27. The van der Waals surface area contributed by atoms with Gasteiger partial charge in [-0.05, 0) is 57.2 Å². The fourth-order valence-corrected chi connectivity index (χ4v) is 5.75. The monoisotopic (exact) mass is 506 g/mol. The SMILES string of the molecule is Cc1ncc(Cl)cc1N[C@@H](C)c1ccc(C(=O)N[C@@H](CC2CCCC2)C(=O)NC2CC(F)C2)s1. The molecule has 4 rings (SSSR count). The highest BCUT2D eigenvalue weighted by Crippen LogP contribution is 2.31. The predicted octanol–water partition coefficient (Wildman–Crippen LogP) is 5.57. The van der Waals surface area contributed by atoms with Crippen molar-refractivity contribution in [3.8, 4) is 0 Å². The molecule has 2 aromatic heterocycles. The Morgan fingerprint density at radius 2 is 2.00 bits per heavy atom. The Morgan fingerprint density at radius 3 is 2.71 bits per heavy atom. The average molecular weight is 507 g/mol. The number of thiophene rings is 1. The van der Waals surface area contributed by atoms with Gasteiger partial charge in [0.05, 0.1) is 27.3 Å². The Bertz CT molecular complexity index is 1020. The molecule has 184 valence electrons. The van der Waals surface area contributed by atoms with E-state index in [1.54, 1.807) is 12.3 Å². The number of pyridine rings is 1. The van der Waals surface area contributed by atoms with Gasteiger partial charge in [-0.1, -0.05) is 37.3 Å². The summed E-state index contributed by atoms with van der Waals surface area (Å²) >= 11 is 7.47. The van der Waals surface area contributed by atoms with Crippen LogP contribution in [0, 0.1) is 12.8 Å². The summed E-state index contributed by atoms with van der Waals surface area (Å²) in [6.07, 6.45) is 6.62. The molecule has 0 spiro atoms. The van der Waals surface area contributed by atoms with Gasteiger partial charge >= 0.3 is 0 Å². The molecule has 2 amide bonds. The van der Waals surface area contributed by atoms with Crippen molar-refractivity contribution in [2.75, 3.05) is 5.32 Å². The van der Waals surface area contributed by atoms with Crippen LogP contribution in [-0.2, 0) is 4.79 Å². The van der Waals surface area contributed by atoms with E-state index in [0.717, 1.165) is 29.1 Å². The smallest absolute Gasteiger partial charge is 0.262 e. The molecule has 2 atom stereocenters. The summed E-state index contributed by atoms with van der Waals surface area (Å²) in [5, 5.41) is 9.84. The number of aryl methyl sites for hydroxylation is 1. The summed E-state index contributed by atoms with van der Waals surface area (Å²) in [6, 6.07) is 4.77. The van der Waals surface area contributed by atoms with Gasteiger partial charge in [0.15, 0.2) is 0 Å². The molecule has 3 N–H and O–H groups in total. The molecule has 9 heteroatoms. The highest BCUT2D eigenvalue weighted by Gasteiger charge is 2.34. The molecular weight excluding hydrogens is 475 g/mol. The molecule has 2 aromatic rings. The minimum Gasteiger partial charge on any atom is -0.376 e. The standard InChI is InChI=1S/C25H32ClFN4O2S/c1-14-20(10-17(26)13-28-14)29-15(2)22-7-8-23(34-22)25(33)31-21(9-16-5-3-4-6-16)24(32)30-19-11-18(27)12-19/h7-8,10,13,15-16,18-19,21,29H,3-6,9,11-12H2,1-2H3,(H,30,32)(H,31,33)/t15-,18?,19?,21-/m0/s1. The number of hydrogen-bond acceptors (Lipinski definition) is 5. The number of amides is 2. The minimum atomic E-state index is -0.834. The minimum absolute atomic E-state index is 0.0460. The molecule has 0 unspecified atom stereocenters. The van der Waals surface area contributed by atoms with Crippen molar-refractivity contribution in [1.82, 2.24) is 15.6 Å². The van der Waals surface area contributed by atoms with Crippen LogP contribution in [0.2, 0.25) is 5.02 Å². The molecule has 2 heterocycles. The van der Waals surface area contributed by atoms with Crippen LogP contribution < -0.4 is 16.0 Å². The molecule has 2 aliphatic rings. The molecule has 34 heavy (non-hydrogen) atoms. The first-order valence-electron chi connectivity index (χ1n) is 12.0. The molecule has 0 radical (unpaired) electrons. The van der Waals surface area contributed by atoms with Crippen LogP contribution in [0.1, 0.15) is 78.2 Å². The van der Waals surface area contributed by atoms with Gasteiger partial charge in [0.1, 0.15) is 12.2 Å². The molecular formula is C25H32ClFN4O2S. The molecule has 0 bridgehead atoms. The summed E-state index contributed by atoms with van der Waals surface area (Å²) < 4.78 is 13.2. The first-order chi connectivity index (χ1) is 16.3. The van der Waals surface area contributed by atoms with Crippen molar-refractivity contribution >= 4 is 40.4 Å². The maximum absolute atomic E-state index is 13.2. The molecule has 2 fully saturated rings. The van der Waals surface area contributed by atoms with Gasteiger partial charge < -0.3 is 16.0 Å². The fraction of sp³-hybridized carbons (Fsp3) is 0.560. The van der Waals surface area contributed by atoms with Crippen molar-refractivity contribution in [3.63, 3.8) is 0 Å². The Balaban J connectivity index is 1.39. The first kappa shape index (κ1) is 24.9. The zero-order valence-electron chi connectivity index (χ0n) is 19.6. The van der Waals surface area contributed by atoms with E-state index in [-0.39, 0.29) is 23.9 Å². The molecule has 0 aliphatic heterocycles. The first-order valence-corrected chi connectivity index (χ1v) is 13.2. The second kappa shape index (κ2) is 11.0. The van der Waals surface area contributed by atoms with Crippen LogP contribution >= 0.6 is 22.9 Å². The number of aromatic nitrogens is 1. The van der Waals surface area contributed by atoms with E-state index in [0.29, 0.717) is 35.1 Å². The second-order valence-electron chi connectivity index (χ2n) is 9.54. The van der Waals surface area contributed by atoms with E-state index in [4.69, 9.17) is 11.6 Å². The quantitative estimate of drug-likeness (QED) is 0.415. The van der Waals surface area contributed by atoms with Crippen LogP contribution in [0.5, 0.6) is 0 Å². The highest BCUT2D eigenvalue weighted by atomic mass is 35.5. The third-order valence-electron chi connectivity index (χ3n) is 6.80. The maximum Gasteiger partial charge on any atom is 0.262 e. The number of nitrogens with one attached hydrogen (secondary N) is 3. The molecule has 6 nitrogen and oxygen atoms in total. The van der Waals surface area contributed by atoms with E-state index in [1.165, 1.54) is 24.2 Å². The van der Waals surface area contributed by atoms with E-state index in [9.17, 15) is 14.0 Å². The van der Waals surface area contributed by atoms with Crippen LogP contribution in [-0.4, -0.2) is 35.1 Å². The number of carbonyl (C=O) groups excluding carboxylic acids is 2. The third kappa shape index (κ3) is 6.27. The Kier molecular flexibility index (Phi) is 8.09. The number of rotatable bonds is 9. The number of nitrogens with zero attached hydrogens (tertiary/aromatic N) is 1. The van der Waals surface area contributed by atoms with Gasteiger partial charge in [-0.25, -0.2) is 4.39 Å². The van der Waals surface area contributed by atoms with Crippen LogP contribution in [0.15, 0.2) is 24.4 Å². The number of anilines is 1. The van der Waals surface area contributed by atoms with Crippen LogP contribution in [0.25, 0.3) is 0 Å². The highest BCUT2D eigenvalue weighted by molar-refractivity contribution is 7.14. The Hall–Kier alpha value is -2.19. The largest absolute Gasteiger partial charge is 0.376 e. The summed E-state index contributed by atoms with van der Waals surface area (Å²) in [5.74, 6) is -0.0175. The van der Waals surface area contributed by atoms with Gasteiger partial charge in [0.25, 0.3) is 5.91 Å². The van der Waals surface area contributed by atoms with Crippen molar-refractivity contribution in [1.29, 1.82) is 0 Å². The molecule has 2 saturated carbocycles. The lowest BCUT2D eigenvalue weighted by atomic mass is 9.90.